The molecule has 3 nitrogen and oxygen atoms in total. The minimum atomic E-state index is 0.754. The van der Waals surface area contributed by atoms with Crippen LogP contribution >= 0.6 is 0 Å². The maximum absolute atomic E-state index is 4.28. The molecule has 0 aromatic carbocycles. The second-order valence-electron chi connectivity index (χ2n) is 4.72. The van der Waals surface area contributed by atoms with Crippen molar-refractivity contribution in [2.45, 2.75) is 38.6 Å². The number of rotatable bonds is 4. The Morgan fingerprint density at radius 1 is 1.24 bits per heavy atom. The molecule has 3 rings (SSSR count). The van der Waals surface area contributed by atoms with Gasteiger partial charge in [0.25, 0.3) is 0 Å². The van der Waals surface area contributed by atoms with E-state index in [4.69, 9.17) is 0 Å². The molecule has 2 aromatic rings. The number of imidazole rings is 1. The molecule has 17 heavy (non-hydrogen) atoms. The quantitative estimate of drug-likeness (QED) is 0.804. The second-order valence-corrected chi connectivity index (χ2v) is 4.72. The normalized spacial score (nSPS) is 15.1. The first kappa shape index (κ1) is 10.5. The lowest BCUT2D eigenvalue weighted by Crippen LogP contribution is -2.05. The molecule has 0 bridgehead atoms. The van der Waals surface area contributed by atoms with Crippen LogP contribution in [0.5, 0.6) is 0 Å². The van der Waals surface area contributed by atoms with Gasteiger partial charge in [-0.15, -0.1) is 0 Å². The van der Waals surface area contributed by atoms with E-state index in [0.29, 0.717) is 0 Å². The lowest BCUT2D eigenvalue weighted by atomic mass is 10.1. The van der Waals surface area contributed by atoms with Crippen molar-refractivity contribution in [2.24, 2.45) is 0 Å². The van der Waals surface area contributed by atoms with Gasteiger partial charge < -0.3 is 4.57 Å². The summed E-state index contributed by atoms with van der Waals surface area (Å²) in [6.07, 6.45) is 11.5. The lowest BCUT2D eigenvalue weighted by molar-refractivity contribution is 0.734. The first-order valence-electron chi connectivity index (χ1n) is 6.30. The monoisotopic (exact) mass is 227 g/mol. The molecule has 0 N–H and O–H groups in total. The molecule has 3 heteroatoms. The summed E-state index contributed by atoms with van der Waals surface area (Å²) in [6.45, 7) is 3.10. The molecule has 0 radical (unpaired) electrons. The number of aryl methyl sites for hydroxylation is 1. The van der Waals surface area contributed by atoms with Gasteiger partial charge in [0.15, 0.2) is 0 Å². The number of aromatic nitrogens is 3. The van der Waals surface area contributed by atoms with Crippen LogP contribution in [0.25, 0.3) is 0 Å². The average Bonchev–Trinajstić information content (AvgIpc) is 3.11. The zero-order valence-electron chi connectivity index (χ0n) is 10.1. The van der Waals surface area contributed by atoms with Crippen molar-refractivity contribution in [1.29, 1.82) is 0 Å². The van der Waals surface area contributed by atoms with Crippen LogP contribution in [0.1, 0.15) is 42.5 Å². The van der Waals surface area contributed by atoms with Crippen LogP contribution in [0.15, 0.2) is 31.0 Å². The van der Waals surface area contributed by atoms with Gasteiger partial charge in [0.2, 0.25) is 0 Å². The molecule has 2 heterocycles. The van der Waals surface area contributed by atoms with Crippen LogP contribution in [0, 0.1) is 0 Å². The topological polar surface area (TPSA) is 30.7 Å². The summed E-state index contributed by atoms with van der Waals surface area (Å²) in [5.41, 5.74) is 4.09. The SMILES string of the molecule is CCc1cnccc1Cn1cncc1C1CC1. The Morgan fingerprint density at radius 3 is 2.88 bits per heavy atom. The van der Waals surface area contributed by atoms with Crippen LogP contribution in [-0.4, -0.2) is 14.5 Å². The zero-order valence-corrected chi connectivity index (χ0v) is 10.1. The van der Waals surface area contributed by atoms with Gasteiger partial charge in [-0.25, -0.2) is 4.98 Å². The molecular formula is C14H17N3. The van der Waals surface area contributed by atoms with E-state index >= 15 is 0 Å². The van der Waals surface area contributed by atoms with Gasteiger partial charge in [-0.05, 0) is 36.5 Å². The third kappa shape index (κ3) is 2.09. The standard InChI is InChI=1S/C14H17N3/c1-2-11-7-15-6-5-13(11)9-17-10-16-8-14(17)12-3-4-12/h5-8,10,12H,2-4,9H2,1H3. The van der Waals surface area contributed by atoms with Crippen molar-refractivity contribution in [1.82, 2.24) is 14.5 Å². The summed E-state index contributed by atoms with van der Waals surface area (Å²) >= 11 is 0. The van der Waals surface area contributed by atoms with Crippen molar-refractivity contribution >= 4 is 0 Å². The van der Waals surface area contributed by atoms with Gasteiger partial charge in [-0.1, -0.05) is 6.92 Å². The van der Waals surface area contributed by atoms with E-state index in [1.54, 1.807) is 0 Å². The van der Waals surface area contributed by atoms with Crippen LogP contribution in [0.4, 0.5) is 0 Å². The highest BCUT2D eigenvalue weighted by molar-refractivity contribution is 5.25. The molecule has 0 atom stereocenters. The van der Waals surface area contributed by atoms with Gasteiger partial charge in [0.1, 0.15) is 0 Å². The Hall–Kier alpha value is -1.64. The highest BCUT2D eigenvalue weighted by Gasteiger charge is 2.26. The van der Waals surface area contributed by atoms with E-state index in [0.717, 1.165) is 18.9 Å². The largest absolute Gasteiger partial charge is 0.330 e. The lowest BCUT2D eigenvalue weighted by Gasteiger charge is -2.10. The van der Waals surface area contributed by atoms with E-state index < -0.39 is 0 Å². The first-order chi connectivity index (χ1) is 8.38. The number of pyridine rings is 1. The number of hydrogen-bond donors (Lipinski definition) is 0. The predicted molar refractivity (Wildman–Crippen MR) is 66.9 cm³/mol. The van der Waals surface area contributed by atoms with Gasteiger partial charge in [0.05, 0.1) is 6.33 Å². The summed E-state index contributed by atoms with van der Waals surface area (Å²) < 4.78 is 2.28. The summed E-state index contributed by atoms with van der Waals surface area (Å²) in [6, 6.07) is 2.12. The highest BCUT2D eigenvalue weighted by Crippen LogP contribution is 2.39. The first-order valence-corrected chi connectivity index (χ1v) is 6.30. The summed E-state index contributed by atoms with van der Waals surface area (Å²) in [4.78, 5) is 8.47. The average molecular weight is 227 g/mol. The van der Waals surface area contributed by atoms with Gasteiger partial charge in [-0.3, -0.25) is 4.98 Å². The maximum atomic E-state index is 4.28. The molecule has 1 aliphatic carbocycles. The van der Waals surface area contributed by atoms with Crippen LogP contribution in [0.2, 0.25) is 0 Å². The van der Waals surface area contributed by atoms with E-state index in [1.165, 1.54) is 29.7 Å². The number of hydrogen-bond acceptors (Lipinski definition) is 2. The Labute approximate surface area is 102 Å². The predicted octanol–water partition coefficient (Wildman–Crippen LogP) is 2.77. The molecule has 88 valence electrons. The van der Waals surface area contributed by atoms with E-state index in [-0.39, 0.29) is 0 Å². The van der Waals surface area contributed by atoms with Crippen molar-refractivity contribution in [3.8, 4) is 0 Å². The Kier molecular flexibility index (Phi) is 2.67. The molecule has 2 aromatic heterocycles. The van der Waals surface area contributed by atoms with Gasteiger partial charge >= 0.3 is 0 Å². The molecule has 0 saturated heterocycles. The maximum Gasteiger partial charge on any atom is 0.0951 e. The number of nitrogens with zero attached hydrogens (tertiary/aromatic N) is 3. The minimum Gasteiger partial charge on any atom is -0.330 e. The molecule has 1 fully saturated rings. The fourth-order valence-electron chi connectivity index (χ4n) is 2.29. The van der Waals surface area contributed by atoms with Crippen molar-refractivity contribution < 1.29 is 0 Å². The molecule has 0 aliphatic heterocycles. The van der Waals surface area contributed by atoms with E-state index in [2.05, 4.69) is 27.5 Å². The molecule has 1 saturated carbocycles. The van der Waals surface area contributed by atoms with Crippen LogP contribution in [-0.2, 0) is 13.0 Å². The van der Waals surface area contributed by atoms with Crippen molar-refractivity contribution in [2.75, 3.05) is 0 Å². The Bertz CT molecular complexity index is 512. The summed E-state index contributed by atoms with van der Waals surface area (Å²) in [7, 11) is 0. The molecular weight excluding hydrogens is 210 g/mol. The summed E-state index contributed by atoms with van der Waals surface area (Å²) in [5, 5.41) is 0. The van der Waals surface area contributed by atoms with Gasteiger partial charge in [-0.2, -0.15) is 0 Å². The zero-order chi connectivity index (χ0) is 11.7. The third-order valence-electron chi connectivity index (χ3n) is 3.47. The minimum absolute atomic E-state index is 0.754. The van der Waals surface area contributed by atoms with Crippen molar-refractivity contribution in [3.63, 3.8) is 0 Å². The Morgan fingerprint density at radius 2 is 2.12 bits per heavy atom. The molecule has 0 spiro atoms. The van der Waals surface area contributed by atoms with E-state index in [9.17, 15) is 0 Å². The van der Waals surface area contributed by atoms with Crippen LogP contribution < -0.4 is 0 Å². The second kappa shape index (κ2) is 4.32. The van der Waals surface area contributed by atoms with Crippen LogP contribution in [0.3, 0.4) is 0 Å². The summed E-state index contributed by atoms with van der Waals surface area (Å²) in [5.74, 6) is 0.754. The highest BCUT2D eigenvalue weighted by atomic mass is 15.0. The smallest absolute Gasteiger partial charge is 0.0951 e. The fraction of sp³-hybridized carbons (Fsp3) is 0.429. The molecule has 0 amide bonds. The Balaban J connectivity index is 1.88. The third-order valence-corrected chi connectivity index (χ3v) is 3.47. The fourth-order valence-corrected chi connectivity index (χ4v) is 2.29. The molecule has 1 aliphatic rings. The van der Waals surface area contributed by atoms with E-state index in [1.807, 2.05) is 24.9 Å². The molecule has 0 unspecified atom stereocenters. The van der Waals surface area contributed by atoms with Gasteiger partial charge in [0, 0.05) is 36.7 Å². The van der Waals surface area contributed by atoms with Crippen molar-refractivity contribution in [3.05, 3.63) is 47.8 Å².